The third-order valence-corrected chi connectivity index (χ3v) is 5.64. The van der Waals surface area contributed by atoms with Crippen molar-refractivity contribution in [2.45, 2.75) is 76.7 Å². The van der Waals surface area contributed by atoms with E-state index in [1.54, 1.807) is 0 Å². The monoisotopic (exact) mass is 262 g/mol. The van der Waals surface area contributed by atoms with Crippen molar-refractivity contribution in [2.24, 2.45) is 11.3 Å². The minimum Gasteiger partial charge on any atom is -0.459 e. The fraction of sp³-hybridized carbons (Fsp3) is 0.824. The highest BCUT2D eigenvalue weighted by Crippen LogP contribution is 2.51. The summed E-state index contributed by atoms with van der Waals surface area (Å²) in [5.74, 6) is 0.790. The summed E-state index contributed by atoms with van der Waals surface area (Å²) in [5.41, 5.74) is 0.0254. The van der Waals surface area contributed by atoms with Gasteiger partial charge >= 0.3 is 5.97 Å². The molecule has 0 aliphatic heterocycles. The van der Waals surface area contributed by atoms with Gasteiger partial charge in [0.2, 0.25) is 0 Å². The summed E-state index contributed by atoms with van der Waals surface area (Å²) in [4.78, 5) is 12.4. The zero-order valence-corrected chi connectivity index (χ0v) is 12.1. The Morgan fingerprint density at radius 3 is 2.58 bits per heavy atom. The Morgan fingerprint density at radius 2 is 2.05 bits per heavy atom. The molecule has 19 heavy (non-hydrogen) atoms. The largest absolute Gasteiger partial charge is 0.459 e. The molecule has 3 aliphatic carbocycles. The number of carbonyl (C=O) groups excluding carboxylic acids is 1. The Balaban J connectivity index is 1.60. The highest BCUT2D eigenvalue weighted by atomic mass is 16.6. The summed E-state index contributed by atoms with van der Waals surface area (Å²) in [5, 5.41) is 0. The van der Waals surface area contributed by atoms with Crippen molar-refractivity contribution in [2.75, 3.05) is 0 Å². The first kappa shape index (κ1) is 13.2. The molecule has 2 fully saturated rings. The van der Waals surface area contributed by atoms with E-state index < -0.39 is 0 Å². The Hall–Kier alpha value is -0.790. The number of rotatable bonds is 4. The summed E-state index contributed by atoms with van der Waals surface area (Å²) in [6.07, 6.45) is 15.7. The van der Waals surface area contributed by atoms with Crippen LogP contribution in [0.5, 0.6) is 0 Å². The molecule has 0 aromatic carbocycles. The van der Waals surface area contributed by atoms with Crippen LogP contribution in [-0.4, -0.2) is 11.6 Å². The lowest BCUT2D eigenvalue weighted by molar-refractivity contribution is -0.166. The first-order valence-electron chi connectivity index (χ1n) is 8.07. The first-order valence-corrected chi connectivity index (χ1v) is 8.07. The lowest BCUT2D eigenvalue weighted by Crippen LogP contribution is -2.37. The van der Waals surface area contributed by atoms with E-state index in [2.05, 4.69) is 19.1 Å². The molecule has 2 bridgehead atoms. The summed E-state index contributed by atoms with van der Waals surface area (Å²) in [7, 11) is 0. The molecule has 2 nitrogen and oxygen atoms in total. The van der Waals surface area contributed by atoms with Crippen LogP contribution < -0.4 is 0 Å². The molecule has 3 rings (SSSR count). The predicted octanol–water partition coefficient (Wildman–Crippen LogP) is 4.39. The Morgan fingerprint density at radius 1 is 1.26 bits per heavy atom. The fourth-order valence-corrected chi connectivity index (χ4v) is 4.36. The maximum Gasteiger partial charge on any atom is 0.307 e. The Labute approximate surface area is 116 Å². The fourth-order valence-electron chi connectivity index (χ4n) is 4.36. The summed E-state index contributed by atoms with van der Waals surface area (Å²) < 4.78 is 5.96. The quantitative estimate of drug-likeness (QED) is 0.555. The normalized spacial score (nSPS) is 35.5. The summed E-state index contributed by atoms with van der Waals surface area (Å²) >= 11 is 0. The maximum absolute atomic E-state index is 12.4. The van der Waals surface area contributed by atoms with Gasteiger partial charge in [-0.3, -0.25) is 4.79 Å². The molecule has 2 saturated carbocycles. The van der Waals surface area contributed by atoms with Crippen molar-refractivity contribution in [3.8, 4) is 0 Å². The van der Waals surface area contributed by atoms with Crippen LogP contribution in [0.15, 0.2) is 12.2 Å². The molecule has 0 saturated heterocycles. The number of hydrogen-bond acceptors (Lipinski definition) is 2. The number of carbonyl (C=O) groups is 1. The number of allylic oxidation sites excluding steroid dienone is 2. The topological polar surface area (TPSA) is 26.3 Å². The second kappa shape index (κ2) is 4.96. The van der Waals surface area contributed by atoms with E-state index in [0.29, 0.717) is 6.42 Å². The molecule has 0 N–H and O–H groups in total. The van der Waals surface area contributed by atoms with Gasteiger partial charge in [-0.15, -0.1) is 0 Å². The van der Waals surface area contributed by atoms with Gasteiger partial charge in [0.1, 0.15) is 5.60 Å². The molecule has 2 heteroatoms. The van der Waals surface area contributed by atoms with Gasteiger partial charge in [0.25, 0.3) is 0 Å². The van der Waals surface area contributed by atoms with Crippen LogP contribution in [0.4, 0.5) is 0 Å². The second-order valence-electron chi connectivity index (χ2n) is 6.97. The van der Waals surface area contributed by atoms with Crippen LogP contribution in [-0.2, 0) is 9.53 Å². The van der Waals surface area contributed by atoms with Gasteiger partial charge in [0.05, 0.1) is 6.42 Å². The Bertz CT molecular complexity index is 379. The molecule has 3 aliphatic rings. The van der Waals surface area contributed by atoms with Gasteiger partial charge in [-0.1, -0.05) is 25.5 Å². The molecular weight excluding hydrogens is 236 g/mol. The molecule has 0 heterocycles. The number of fused-ring (bicyclic) bond motifs is 2. The summed E-state index contributed by atoms with van der Waals surface area (Å²) in [6, 6.07) is 0. The smallest absolute Gasteiger partial charge is 0.307 e. The van der Waals surface area contributed by atoms with Crippen molar-refractivity contribution in [3.63, 3.8) is 0 Å². The number of esters is 1. The van der Waals surface area contributed by atoms with Gasteiger partial charge in [-0.2, -0.15) is 0 Å². The number of hydrogen-bond donors (Lipinski definition) is 0. The van der Waals surface area contributed by atoms with E-state index >= 15 is 0 Å². The molecule has 2 atom stereocenters. The van der Waals surface area contributed by atoms with Gasteiger partial charge in [0, 0.05) is 0 Å². The third kappa shape index (κ3) is 2.59. The highest BCUT2D eigenvalue weighted by molar-refractivity contribution is 5.71. The lowest BCUT2D eigenvalue weighted by atomic mass is 9.81. The van der Waals surface area contributed by atoms with Crippen molar-refractivity contribution >= 4 is 5.97 Å². The minimum atomic E-state index is -0.133. The van der Waals surface area contributed by atoms with Crippen molar-refractivity contribution in [3.05, 3.63) is 12.2 Å². The number of ether oxygens (including phenoxy) is 1. The molecule has 0 aromatic heterocycles. The van der Waals surface area contributed by atoms with E-state index in [-0.39, 0.29) is 17.0 Å². The van der Waals surface area contributed by atoms with Crippen LogP contribution in [0.3, 0.4) is 0 Å². The molecule has 0 radical (unpaired) electrons. The third-order valence-electron chi connectivity index (χ3n) is 5.64. The van der Waals surface area contributed by atoms with Gasteiger partial charge in [0.15, 0.2) is 0 Å². The second-order valence-corrected chi connectivity index (χ2v) is 6.97. The molecule has 0 aromatic rings. The molecule has 0 amide bonds. The molecule has 0 spiro atoms. The van der Waals surface area contributed by atoms with E-state index in [0.717, 1.165) is 25.2 Å². The van der Waals surface area contributed by atoms with Gasteiger partial charge < -0.3 is 4.74 Å². The van der Waals surface area contributed by atoms with Crippen molar-refractivity contribution in [1.29, 1.82) is 0 Å². The Kier molecular flexibility index (Phi) is 3.44. The van der Waals surface area contributed by atoms with E-state index in [4.69, 9.17) is 4.74 Å². The minimum absolute atomic E-state index is 0.0518. The SMILES string of the molecule is CCC1(OC(=O)CC23C=CC(CC2)C3)CCCCC1. The predicted molar refractivity (Wildman–Crippen MR) is 75.7 cm³/mol. The van der Waals surface area contributed by atoms with Crippen LogP contribution in [0.1, 0.15) is 71.1 Å². The van der Waals surface area contributed by atoms with E-state index in [1.165, 1.54) is 38.5 Å². The average Bonchev–Trinajstić information content (AvgIpc) is 2.99. The molecular formula is C17H26O2. The molecule has 2 unspecified atom stereocenters. The first-order chi connectivity index (χ1) is 9.15. The highest BCUT2D eigenvalue weighted by Gasteiger charge is 2.43. The standard InChI is InChI=1S/C17H26O2/c1-2-17(8-4-3-5-9-17)19-15(18)13-16-10-6-14(12-16)7-11-16/h6,10,14H,2-5,7-9,11-13H2,1H3. The average molecular weight is 262 g/mol. The van der Waals surface area contributed by atoms with E-state index in [1.807, 2.05) is 0 Å². The van der Waals surface area contributed by atoms with E-state index in [9.17, 15) is 4.79 Å². The van der Waals surface area contributed by atoms with Gasteiger partial charge in [-0.05, 0) is 62.7 Å². The van der Waals surface area contributed by atoms with Crippen molar-refractivity contribution < 1.29 is 9.53 Å². The lowest BCUT2D eigenvalue weighted by Gasteiger charge is -2.37. The summed E-state index contributed by atoms with van der Waals surface area (Å²) in [6.45, 7) is 2.16. The maximum atomic E-state index is 12.4. The van der Waals surface area contributed by atoms with Gasteiger partial charge in [-0.25, -0.2) is 0 Å². The van der Waals surface area contributed by atoms with Crippen LogP contribution in [0.25, 0.3) is 0 Å². The van der Waals surface area contributed by atoms with Crippen LogP contribution in [0.2, 0.25) is 0 Å². The zero-order valence-electron chi connectivity index (χ0n) is 12.1. The molecule has 106 valence electrons. The van der Waals surface area contributed by atoms with Crippen LogP contribution in [0, 0.1) is 11.3 Å². The zero-order chi connectivity index (χ0) is 13.3. The van der Waals surface area contributed by atoms with Crippen LogP contribution >= 0.6 is 0 Å². The van der Waals surface area contributed by atoms with Crippen molar-refractivity contribution in [1.82, 2.24) is 0 Å².